The number of esters is 1. The van der Waals surface area contributed by atoms with Gasteiger partial charge >= 0.3 is 5.97 Å². The van der Waals surface area contributed by atoms with E-state index in [9.17, 15) is 13.2 Å². The van der Waals surface area contributed by atoms with Gasteiger partial charge in [0, 0.05) is 19.7 Å². The van der Waals surface area contributed by atoms with Gasteiger partial charge in [-0.25, -0.2) is 13.2 Å². The van der Waals surface area contributed by atoms with Crippen LogP contribution in [-0.2, 0) is 19.5 Å². The summed E-state index contributed by atoms with van der Waals surface area (Å²) < 4.78 is 36.3. The van der Waals surface area contributed by atoms with Crippen LogP contribution in [-0.4, -0.2) is 61.8 Å². The summed E-state index contributed by atoms with van der Waals surface area (Å²) in [5, 5.41) is 5.76. The molecule has 0 unspecified atom stereocenters. The molecule has 1 heterocycles. The number of carbonyl (C=O) groups excluding carboxylic acids is 1. The Kier molecular flexibility index (Phi) is 6.79. The Morgan fingerprint density at radius 1 is 1.33 bits per heavy atom. The van der Waals surface area contributed by atoms with Gasteiger partial charge in [-0.3, -0.25) is 5.10 Å². The van der Waals surface area contributed by atoms with Crippen molar-refractivity contribution in [1.29, 1.82) is 0 Å². The first kappa shape index (κ1) is 17.6. The fraction of sp³-hybridized carbons (Fsp3) is 0.667. The molecule has 0 atom stereocenters. The molecular weight excluding hydrogens is 298 g/mol. The summed E-state index contributed by atoms with van der Waals surface area (Å²) in [7, 11) is -3.85. The van der Waals surface area contributed by atoms with Gasteiger partial charge in [0.15, 0.2) is 5.03 Å². The molecule has 21 heavy (non-hydrogen) atoms. The number of ether oxygens (including phenoxy) is 2. The van der Waals surface area contributed by atoms with Crippen LogP contribution in [0.4, 0.5) is 0 Å². The average Bonchev–Trinajstić information content (AvgIpc) is 2.94. The van der Waals surface area contributed by atoms with Gasteiger partial charge in [-0.1, -0.05) is 6.92 Å². The third kappa shape index (κ3) is 4.26. The minimum Gasteiger partial charge on any atom is -0.462 e. The van der Waals surface area contributed by atoms with E-state index in [1.54, 1.807) is 13.8 Å². The number of sulfonamides is 1. The summed E-state index contributed by atoms with van der Waals surface area (Å²) >= 11 is 0. The average molecular weight is 319 g/mol. The van der Waals surface area contributed by atoms with Crippen LogP contribution in [0.2, 0.25) is 0 Å². The molecule has 0 aliphatic carbocycles. The second-order valence-electron chi connectivity index (χ2n) is 4.03. The third-order valence-electron chi connectivity index (χ3n) is 2.74. The lowest BCUT2D eigenvalue weighted by Crippen LogP contribution is -2.35. The van der Waals surface area contributed by atoms with Crippen molar-refractivity contribution in [3.05, 3.63) is 11.8 Å². The van der Waals surface area contributed by atoms with Crippen molar-refractivity contribution < 1.29 is 22.7 Å². The van der Waals surface area contributed by atoms with Gasteiger partial charge in [0.1, 0.15) is 5.56 Å². The van der Waals surface area contributed by atoms with E-state index in [0.717, 1.165) is 6.20 Å². The number of likely N-dealkylation sites (N-methyl/N-ethyl adjacent to an activating group) is 1. The summed E-state index contributed by atoms with van der Waals surface area (Å²) in [4.78, 5) is 11.8. The van der Waals surface area contributed by atoms with Crippen LogP contribution < -0.4 is 0 Å². The molecule has 0 bridgehead atoms. The van der Waals surface area contributed by atoms with E-state index in [1.165, 1.54) is 4.31 Å². The molecule has 120 valence electrons. The molecule has 0 radical (unpaired) electrons. The fourth-order valence-electron chi connectivity index (χ4n) is 1.71. The zero-order valence-electron chi connectivity index (χ0n) is 12.5. The molecule has 0 saturated heterocycles. The first-order valence-electron chi connectivity index (χ1n) is 6.77. The van der Waals surface area contributed by atoms with Crippen LogP contribution in [0.1, 0.15) is 31.1 Å². The van der Waals surface area contributed by atoms with Crippen LogP contribution in [0.15, 0.2) is 11.2 Å². The Bertz CT molecular complexity index is 555. The van der Waals surface area contributed by atoms with Crippen LogP contribution >= 0.6 is 0 Å². The lowest BCUT2D eigenvalue weighted by molar-refractivity contribution is 0.0521. The van der Waals surface area contributed by atoms with Gasteiger partial charge in [-0.15, -0.1) is 0 Å². The largest absolute Gasteiger partial charge is 0.462 e. The first-order valence-corrected chi connectivity index (χ1v) is 8.21. The molecular formula is C12H21N3O5S. The standard InChI is InChI=1S/C12H21N3O5S/c1-4-15(7-8-19-5-2)21(17,18)11-10(9-13-14-11)12(16)20-6-3/h9H,4-8H2,1-3H3,(H,13,14). The number of nitrogens with one attached hydrogen (secondary N) is 1. The highest BCUT2D eigenvalue weighted by Crippen LogP contribution is 2.18. The van der Waals surface area contributed by atoms with E-state index in [-0.39, 0.29) is 36.9 Å². The molecule has 0 amide bonds. The molecule has 1 rings (SSSR count). The smallest absolute Gasteiger partial charge is 0.342 e. The van der Waals surface area contributed by atoms with Crippen LogP contribution in [0, 0.1) is 0 Å². The van der Waals surface area contributed by atoms with Crippen molar-refractivity contribution in [2.75, 3.05) is 32.9 Å². The van der Waals surface area contributed by atoms with Gasteiger partial charge in [0.05, 0.1) is 19.4 Å². The van der Waals surface area contributed by atoms with Crippen molar-refractivity contribution in [3.63, 3.8) is 0 Å². The first-order chi connectivity index (χ1) is 9.98. The molecule has 9 heteroatoms. The number of H-pyrrole nitrogens is 1. The summed E-state index contributed by atoms with van der Waals surface area (Å²) in [6, 6.07) is 0. The zero-order chi connectivity index (χ0) is 15.9. The Labute approximate surface area is 124 Å². The van der Waals surface area contributed by atoms with E-state index in [1.807, 2.05) is 6.92 Å². The van der Waals surface area contributed by atoms with E-state index in [4.69, 9.17) is 9.47 Å². The lowest BCUT2D eigenvalue weighted by Gasteiger charge is -2.19. The predicted molar refractivity (Wildman–Crippen MR) is 75.5 cm³/mol. The Morgan fingerprint density at radius 2 is 2.05 bits per heavy atom. The van der Waals surface area contributed by atoms with Crippen molar-refractivity contribution in [2.24, 2.45) is 0 Å². The third-order valence-corrected chi connectivity index (χ3v) is 4.69. The van der Waals surface area contributed by atoms with E-state index >= 15 is 0 Å². The number of hydrogen-bond acceptors (Lipinski definition) is 6. The Balaban J connectivity index is 3.01. The molecule has 1 N–H and O–H groups in total. The maximum atomic E-state index is 12.5. The number of nitrogens with zero attached hydrogens (tertiary/aromatic N) is 2. The maximum absolute atomic E-state index is 12.5. The van der Waals surface area contributed by atoms with E-state index in [2.05, 4.69) is 10.2 Å². The summed E-state index contributed by atoms with van der Waals surface area (Å²) in [6.45, 7) is 6.60. The van der Waals surface area contributed by atoms with Gasteiger partial charge in [-0.05, 0) is 13.8 Å². The molecule has 0 fully saturated rings. The molecule has 1 aromatic heterocycles. The monoisotopic (exact) mass is 319 g/mol. The van der Waals surface area contributed by atoms with Crippen molar-refractivity contribution >= 4 is 16.0 Å². The van der Waals surface area contributed by atoms with Gasteiger partial charge < -0.3 is 9.47 Å². The lowest BCUT2D eigenvalue weighted by atomic mass is 10.4. The molecule has 0 aromatic carbocycles. The van der Waals surface area contributed by atoms with E-state index < -0.39 is 16.0 Å². The Hall–Kier alpha value is -1.45. The quantitative estimate of drug-likeness (QED) is 0.529. The summed E-state index contributed by atoms with van der Waals surface area (Å²) in [6.07, 6.45) is 1.15. The van der Waals surface area contributed by atoms with Crippen molar-refractivity contribution in [1.82, 2.24) is 14.5 Å². The van der Waals surface area contributed by atoms with Crippen LogP contribution in [0.3, 0.4) is 0 Å². The second kappa shape index (κ2) is 8.11. The predicted octanol–water partition coefficient (Wildman–Crippen LogP) is 0.633. The second-order valence-corrected chi connectivity index (χ2v) is 5.90. The number of aromatic amines is 1. The molecule has 0 aliphatic heterocycles. The SMILES string of the molecule is CCOCCN(CC)S(=O)(=O)c1[nH]ncc1C(=O)OCC. The van der Waals surface area contributed by atoms with Crippen LogP contribution in [0.25, 0.3) is 0 Å². The minimum atomic E-state index is -3.85. The molecule has 0 aliphatic rings. The summed E-state index contributed by atoms with van der Waals surface area (Å²) in [5.41, 5.74) is -0.0910. The fourth-order valence-corrected chi connectivity index (χ4v) is 3.21. The normalized spacial score (nSPS) is 11.8. The highest BCUT2D eigenvalue weighted by Gasteiger charge is 2.30. The van der Waals surface area contributed by atoms with Crippen molar-refractivity contribution in [3.8, 4) is 0 Å². The Morgan fingerprint density at radius 3 is 2.62 bits per heavy atom. The maximum Gasteiger partial charge on any atom is 0.342 e. The highest BCUT2D eigenvalue weighted by atomic mass is 32.2. The number of aromatic nitrogens is 2. The van der Waals surface area contributed by atoms with Gasteiger partial charge in [0.25, 0.3) is 10.0 Å². The highest BCUT2D eigenvalue weighted by molar-refractivity contribution is 7.89. The molecule has 0 saturated carbocycles. The number of carbonyl (C=O) groups is 1. The zero-order valence-corrected chi connectivity index (χ0v) is 13.3. The van der Waals surface area contributed by atoms with Gasteiger partial charge in [-0.2, -0.15) is 9.40 Å². The minimum absolute atomic E-state index is 0.0910. The van der Waals surface area contributed by atoms with Gasteiger partial charge in [0.2, 0.25) is 0 Å². The topological polar surface area (TPSA) is 102 Å². The van der Waals surface area contributed by atoms with Crippen molar-refractivity contribution in [2.45, 2.75) is 25.8 Å². The molecule has 1 aromatic rings. The summed E-state index contributed by atoms with van der Waals surface area (Å²) in [5.74, 6) is -0.717. The molecule has 8 nitrogen and oxygen atoms in total. The number of rotatable bonds is 9. The number of hydrogen-bond donors (Lipinski definition) is 1. The van der Waals surface area contributed by atoms with Crippen LogP contribution in [0.5, 0.6) is 0 Å². The van der Waals surface area contributed by atoms with E-state index in [0.29, 0.717) is 6.61 Å². The molecule has 0 spiro atoms.